The molecule has 0 unspecified atom stereocenters. The first-order valence-corrected chi connectivity index (χ1v) is 13.8. The van der Waals surface area contributed by atoms with Crippen molar-refractivity contribution in [2.45, 2.75) is 57.2 Å². The number of likely N-dealkylation sites (tertiary alicyclic amines) is 1. The Hall–Kier alpha value is -3.25. The number of nitrogens with zero attached hydrogens (tertiary/aromatic N) is 1. The van der Waals surface area contributed by atoms with E-state index in [1.165, 1.54) is 23.1 Å². The van der Waals surface area contributed by atoms with Crippen molar-refractivity contribution in [2.24, 2.45) is 17.8 Å². The number of carbonyl (C=O) groups excluding carboxylic acids is 4. The van der Waals surface area contributed by atoms with E-state index in [1.54, 1.807) is 0 Å². The van der Waals surface area contributed by atoms with Crippen molar-refractivity contribution in [2.75, 3.05) is 19.7 Å². The molecule has 10 nitrogen and oxygen atoms in total. The van der Waals surface area contributed by atoms with Crippen LogP contribution in [-0.4, -0.2) is 76.9 Å². The van der Waals surface area contributed by atoms with Crippen LogP contribution in [0.25, 0.3) is 10.9 Å². The molecule has 5 atom stereocenters. The molecule has 1 aromatic carbocycles. The van der Waals surface area contributed by atoms with Crippen LogP contribution in [0.4, 0.5) is 8.78 Å². The first kappa shape index (κ1) is 28.3. The molecule has 3 fully saturated rings. The summed E-state index contributed by atoms with van der Waals surface area (Å²) in [6.07, 6.45) is 3.71. The van der Waals surface area contributed by atoms with Crippen LogP contribution < -0.4 is 15.4 Å². The van der Waals surface area contributed by atoms with Crippen LogP contribution in [0.15, 0.2) is 18.2 Å². The van der Waals surface area contributed by atoms with Crippen LogP contribution in [0.3, 0.4) is 0 Å². The van der Waals surface area contributed by atoms with Crippen molar-refractivity contribution < 1.29 is 37.8 Å². The van der Waals surface area contributed by atoms with E-state index in [-0.39, 0.29) is 51.9 Å². The minimum atomic E-state index is -3.08. The highest BCUT2D eigenvalue weighted by atomic mass is 35.5. The van der Waals surface area contributed by atoms with E-state index in [0.29, 0.717) is 31.4 Å². The lowest BCUT2D eigenvalue weighted by atomic mass is 9.92. The molecule has 1 aromatic heterocycles. The van der Waals surface area contributed by atoms with Gasteiger partial charge in [-0.15, -0.1) is 0 Å². The molecule has 3 heterocycles. The van der Waals surface area contributed by atoms with E-state index >= 15 is 0 Å². The number of Topliss-reactive ketones (excluding diaryl/α,β-unsaturated/α-hetero) is 1. The first-order valence-electron chi connectivity index (χ1n) is 13.5. The number of aliphatic hydroxyl groups is 1. The third-order valence-electron chi connectivity index (χ3n) is 8.36. The van der Waals surface area contributed by atoms with Crippen LogP contribution in [0.1, 0.15) is 49.0 Å². The van der Waals surface area contributed by atoms with E-state index in [4.69, 9.17) is 11.6 Å². The third-order valence-corrected chi connectivity index (χ3v) is 8.58. The number of rotatable bonds is 10. The van der Waals surface area contributed by atoms with Crippen LogP contribution in [-0.2, 0) is 14.4 Å². The average Bonchev–Trinajstić information content (AvgIpc) is 3.69. The van der Waals surface area contributed by atoms with Gasteiger partial charge in [0.25, 0.3) is 5.91 Å². The molecule has 2 aromatic rings. The standard InChI is InChI=1S/C27H31ClF2N4O6/c28-15-8-19-17(22(9-15)40-27(29)30)10-20(32-19)26(39)34-11-14-2-1-3-16(14)23(34)25(38)33-18(21(36)12-35)5-4-13-6-7-31-24(13)37/h8-10,13-14,16,18,23,27,32,35H,1-7,11-12H2,(H,31,37)(H,33,38)/t13-,14+,16+,18+,23+/m1/s1. The van der Waals surface area contributed by atoms with Crippen molar-refractivity contribution in [3.8, 4) is 5.75 Å². The number of benzene rings is 1. The smallest absolute Gasteiger partial charge is 0.387 e. The predicted octanol–water partition coefficient (Wildman–Crippen LogP) is 2.63. The largest absolute Gasteiger partial charge is 0.434 e. The van der Waals surface area contributed by atoms with Gasteiger partial charge in [0, 0.05) is 29.4 Å². The second-order valence-corrected chi connectivity index (χ2v) is 11.2. The molecule has 2 saturated heterocycles. The topological polar surface area (TPSA) is 141 Å². The van der Waals surface area contributed by atoms with Crippen molar-refractivity contribution in [1.29, 1.82) is 0 Å². The van der Waals surface area contributed by atoms with Crippen molar-refractivity contribution in [1.82, 2.24) is 20.5 Å². The fraction of sp³-hybridized carbons (Fsp3) is 0.556. The number of fused-ring (bicyclic) bond motifs is 2. The zero-order valence-corrected chi connectivity index (χ0v) is 22.4. The number of aromatic nitrogens is 1. The highest BCUT2D eigenvalue weighted by molar-refractivity contribution is 6.31. The molecule has 0 spiro atoms. The maximum absolute atomic E-state index is 13.7. The normalized spacial score (nSPS) is 24.8. The number of amides is 3. The number of carbonyl (C=O) groups is 4. The summed E-state index contributed by atoms with van der Waals surface area (Å²) in [6, 6.07) is 2.29. The second kappa shape index (κ2) is 11.7. The Bertz CT molecular complexity index is 1320. The Labute approximate surface area is 233 Å². The number of ether oxygens (including phenoxy) is 1. The van der Waals surface area contributed by atoms with Gasteiger partial charge in [-0.3, -0.25) is 19.2 Å². The number of aliphatic hydroxyl groups excluding tert-OH is 1. The maximum atomic E-state index is 13.7. The van der Waals surface area contributed by atoms with Crippen molar-refractivity contribution in [3.05, 3.63) is 28.9 Å². The van der Waals surface area contributed by atoms with E-state index in [2.05, 4.69) is 20.4 Å². The van der Waals surface area contributed by atoms with Gasteiger partial charge in [0.05, 0.1) is 11.6 Å². The van der Waals surface area contributed by atoms with Gasteiger partial charge >= 0.3 is 6.61 Å². The van der Waals surface area contributed by atoms with Crippen molar-refractivity contribution in [3.63, 3.8) is 0 Å². The molecule has 13 heteroatoms. The van der Waals surface area contributed by atoms with E-state index < -0.39 is 42.9 Å². The molecule has 40 heavy (non-hydrogen) atoms. The van der Waals surface area contributed by atoms with Gasteiger partial charge in [-0.25, -0.2) is 0 Å². The lowest BCUT2D eigenvalue weighted by Crippen LogP contribution is -2.53. The van der Waals surface area contributed by atoms with Crippen LogP contribution in [0.5, 0.6) is 5.75 Å². The Kier molecular flexibility index (Phi) is 8.27. The Balaban J connectivity index is 1.37. The molecule has 1 saturated carbocycles. The number of ketones is 1. The zero-order chi connectivity index (χ0) is 28.6. The minimum absolute atomic E-state index is 0.0874. The lowest BCUT2D eigenvalue weighted by Gasteiger charge is -2.28. The molecule has 3 aliphatic rings. The summed E-state index contributed by atoms with van der Waals surface area (Å²) in [5, 5.41) is 15.4. The number of halogens is 3. The highest BCUT2D eigenvalue weighted by Crippen LogP contribution is 2.43. The molecule has 1 aliphatic carbocycles. The Morgan fingerprint density at radius 1 is 1.20 bits per heavy atom. The number of H-pyrrole nitrogens is 1. The van der Waals surface area contributed by atoms with Gasteiger partial charge in [-0.1, -0.05) is 18.0 Å². The molecule has 3 amide bonds. The van der Waals surface area contributed by atoms with Crippen LogP contribution in [0, 0.1) is 17.8 Å². The van der Waals surface area contributed by atoms with Gasteiger partial charge in [0.1, 0.15) is 24.1 Å². The number of aromatic amines is 1. The zero-order valence-electron chi connectivity index (χ0n) is 21.6. The minimum Gasteiger partial charge on any atom is -0.434 e. The summed E-state index contributed by atoms with van der Waals surface area (Å²) in [7, 11) is 0. The summed E-state index contributed by atoms with van der Waals surface area (Å²) in [5.74, 6) is -2.08. The van der Waals surface area contributed by atoms with Crippen LogP contribution in [0.2, 0.25) is 5.02 Å². The molecular weight excluding hydrogens is 550 g/mol. The molecular formula is C27H31ClF2N4O6. The second-order valence-electron chi connectivity index (χ2n) is 10.7. The fourth-order valence-corrected chi connectivity index (χ4v) is 6.66. The van der Waals surface area contributed by atoms with Gasteiger partial charge in [0.2, 0.25) is 11.8 Å². The van der Waals surface area contributed by atoms with E-state index in [1.807, 2.05) is 0 Å². The molecule has 216 valence electrons. The third kappa shape index (κ3) is 5.64. The van der Waals surface area contributed by atoms with Gasteiger partial charge in [0.15, 0.2) is 5.78 Å². The number of alkyl halides is 2. The maximum Gasteiger partial charge on any atom is 0.387 e. The summed E-state index contributed by atoms with van der Waals surface area (Å²) >= 11 is 6.05. The monoisotopic (exact) mass is 580 g/mol. The van der Waals surface area contributed by atoms with E-state index in [9.17, 15) is 33.1 Å². The quantitative estimate of drug-likeness (QED) is 0.340. The molecule has 0 radical (unpaired) electrons. The summed E-state index contributed by atoms with van der Waals surface area (Å²) in [5.41, 5.74) is 0.417. The van der Waals surface area contributed by atoms with Gasteiger partial charge < -0.3 is 30.4 Å². The summed E-state index contributed by atoms with van der Waals surface area (Å²) in [4.78, 5) is 56.3. The SMILES string of the molecule is O=C1NCC[C@H]1CC[C@H](NC(=O)[C@@H]1[C@H]2CCC[C@H]2CN1C(=O)c1cc2c(OC(F)F)cc(Cl)cc2[nH]1)C(=O)CO. The summed E-state index contributed by atoms with van der Waals surface area (Å²) < 4.78 is 30.5. The fourth-order valence-electron chi connectivity index (χ4n) is 6.45. The van der Waals surface area contributed by atoms with Crippen molar-refractivity contribution >= 4 is 46.0 Å². The molecule has 4 N–H and O–H groups in total. The van der Waals surface area contributed by atoms with Gasteiger partial charge in [-0.2, -0.15) is 8.78 Å². The number of hydrogen-bond acceptors (Lipinski definition) is 6. The number of nitrogens with one attached hydrogen (secondary N) is 3. The van der Waals surface area contributed by atoms with E-state index in [0.717, 1.165) is 19.3 Å². The number of hydrogen-bond donors (Lipinski definition) is 4. The Morgan fingerprint density at radius 2 is 2.00 bits per heavy atom. The molecule has 2 aliphatic heterocycles. The summed E-state index contributed by atoms with van der Waals surface area (Å²) in [6.45, 7) is -2.95. The first-order chi connectivity index (χ1) is 19.2. The average molecular weight is 581 g/mol. The van der Waals surface area contributed by atoms with Crippen LogP contribution >= 0.6 is 11.6 Å². The predicted molar refractivity (Wildman–Crippen MR) is 140 cm³/mol. The Morgan fingerprint density at radius 3 is 2.70 bits per heavy atom. The lowest BCUT2D eigenvalue weighted by molar-refractivity contribution is -0.132. The molecule has 5 rings (SSSR count). The highest BCUT2D eigenvalue weighted by Gasteiger charge is 2.50. The molecule has 0 bridgehead atoms. The van der Waals surface area contributed by atoms with Gasteiger partial charge in [-0.05, 0) is 62.1 Å².